The summed E-state index contributed by atoms with van der Waals surface area (Å²) in [4.78, 5) is 31.6. The topological polar surface area (TPSA) is 89.3 Å². The van der Waals surface area contributed by atoms with E-state index in [1.807, 2.05) is 12.1 Å². The molecule has 0 radical (unpaired) electrons. The van der Waals surface area contributed by atoms with Crippen molar-refractivity contribution in [3.05, 3.63) is 53.9 Å². The second-order valence-corrected chi connectivity index (χ2v) is 6.01. The molecule has 0 atom stereocenters. The lowest BCUT2D eigenvalue weighted by molar-refractivity contribution is -0.130. The van der Waals surface area contributed by atoms with Crippen molar-refractivity contribution in [2.24, 2.45) is 0 Å². The third-order valence-corrected chi connectivity index (χ3v) is 4.32. The maximum absolute atomic E-state index is 12.5. The number of nitriles is 1. The fourth-order valence-electron chi connectivity index (χ4n) is 2.83. The molecule has 3 rings (SSSR count). The smallest absolute Gasteiger partial charge is 0.272 e. The molecule has 7 heteroatoms. The third-order valence-electron chi connectivity index (χ3n) is 4.32. The molecule has 1 aromatic heterocycles. The Morgan fingerprint density at radius 2 is 1.77 bits per heavy atom. The van der Waals surface area contributed by atoms with Crippen LogP contribution >= 0.6 is 0 Å². The molecule has 1 saturated heterocycles. The summed E-state index contributed by atoms with van der Waals surface area (Å²) in [5.41, 5.74) is 2.29. The van der Waals surface area contributed by atoms with Gasteiger partial charge in [-0.05, 0) is 24.3 Å². The molecule has 2 heterocycles. The Bertz CT molecular complexity index is 849. The van der Waals surface area contributed by atoms with Gasteiger partial charge in [0, 0.05) is 33.1 Å². The molecule has 0 unspecified atom stereocenters. The first-order chi connectivity index (χ1) is 12.6. The number of aromatic nitrogens is 1. The van der Waals surface area contributed by atoms with Gasteiger partial charge in [-0.15, -0.1) is 0 Å². The average Bonchev–Trinajstić information content (AvgIpc) is 2.68. The van der Waals surface area contributed by atoms with E-state index in [1.54, 1.807) is 40.3 Å². The number of hydrogen-bond acceptors (Lipinski definition) is 5. The van der Waals surface area contributed by atoms with E-state index >= 15 is 0 Å². The van der Waals surface area contributed by atoms with E-state index in [2.05, 4.69) is 16.4 Å². The monoisotopic (exact) mass is 349 g/mol. The molecule has 2 amide bonds. The number of anilines is 2. The number of amides is 2. The molecule has 26 heavy (non-hydrogen) atoms. The Balaban J connectivity index is 1.65. The summed E-state index contributed by atoms with van der Waals surface area (Å²) in [6.45, 7) is 3.65. The summed E-state index contributed by atoms with van der Waals surface area (Å²) in [6.07, 6.45) is 1.58. The van der Waals surface area contributed by atoms with Crippen LogP contribution in [-0.2, 0) is 4.79 Å². The average molecular weight is 349 g/mol. The number of carbonyl (C=O) groups is 2. The zero-order valence-corrected chi connectivity index (χ0v) is 14.5. The van der Waals surface area contributed by atoms with E-state index in [0.29, 0.717) is 48.8 Å². The third kappa shape index (κ3) is 3.81. The van der Waals surface area contributed by atoms with Gasteiger partial charge in [0.15, 0.2) is 0 Å². The Labute approximate surface area is 151 Å². The predicted molar refractivity (Wildman–Crippen MR) is 96.8 cm³/mol. The van der Waals surface area contributed by atoms with Gasteiger partial charge in [-0.1, -0.05) is 12.1 Å². The van der Waals surface area contributed by atoms with Gasteiger partial charge >= 0.3 is 0 Å². The van der Waals surface area contributed by atoms with Gasteiger partial charge < -0.3 is 15.1 Å². The highest BCUT2D eigenvalue weighted by Crippen LogP contribution is 2.20. The van der Waals surface area contributed by atoms with Gasteiger partial charge in [0.05, 0.1) is 23.1 Å². The van der Waals surface area contributed by atoms with Crippen molar-refractivity contribution < 1.29 is 9.59 Å². The van der Waals surface area contributed by atoms with Crippen LogP contribution in [0.5, 0.6) is 0 Å². The highest BCUT2D eigenvalue weighted by Gasteiger charge is 2.23. The van der Waals surface area contributed by atoms with Crippen LogP contribution in [0, 0.1) is 11.3 Å². The lowest BCUT2D eigenvalue weighted by atomic mass is 10.2. The van der Waals surface area contributed by atoms with Gasteiger partial charge in [-0.2, -0.15) is 5.26 Å². The van der Waals surface area contributed by atoms with E-state index in [1.165, 1.54) is 6.92 Å². The minimum Gasteiger partial charge on any atom is -0.353 e. The van der Waals surface area contributed by atoms with E-state index in [4.69, 9.17) is 5.26 Å². The lowest BCUT2D eigenvalue weighted by Crippen LogP contribution is -2.50. The van der Waals surface area contributed by atoms with Crippen LogP contribution in [0.2, 0.25) is 0 Å². The molecule has 1 aromatic carbocycles. The maximum Gasteiger partial charge on any atom is 0.272 e. The molecule has 0 bridgehead atoms. The molecule has 7 nitrogen and oxygen atoms in total. The standard InChI is InChI=1S/C19H19N5O2/c1-14(25)23-8-10-24(11-9-23)19(26)18-7-6-16(13-21-18)22-17-5-3-2-4-15(17)12-20/h2-7,13,22H,8-11H2,1H3. The highest BCUT2D eigenvalue weighted by atomic mass is 16.2. The molecule has 1 aliphatic heterocycles. The molecule has 1 N–H and O–H groups in total. The normalized spacial score (nSPS) is 13.8. The van der Waals surface area contributed by atoms with Crippen LogP contribution in [0.25, 0.3) is 0 Å². The van der Waals surface area contributed by atoms with Crippen LogP contribution in [0.1, 0.15) is 23.0 Å². The van der Waals surface area contributed by atoms with E-state index in [-0.39, 0.29) is 11.8 Å². The first kappa shape index (κ1) is 17.4. The largest absolute Gasteiger partial charge is 0.353 e. The molecule has 0 spiro atoms. The molecule has 1 aliphatic rings. The van der Waals surface area contributed by atoms with Crippen LogP contribution < -0.4 is 5.32 Å². The van der Waals surface area contributed by atoms with Crippen molar-refractivity contribution >= 4 is 23.2 Å². The summed E-state index contributed by atoms with van der Waals surface area (Å²) < 4.78 is 0. The molecule has 1 fully saturated rings. The van der Waals surface area contributed by atoms with Gasteiger partial charge in [0.1, 0.15) is 11.8 Å². The van der Waals surface area contributed by atoms with Crippen LogP contribution in [-0.4, -0.2) is 52.8 Å². The van der Waals surface area contributed by atoms with Crippen molar-refractivity contribution in [1.29, 1.82) is 5.26 Å². The Hall–Kier alpha value is -3.40. The van der Waals surface area contributed by atoms with Crippen molar-refractivity contribution in [2.75, 3.05) is 31.5 Å². The first-order valence-corrected chi connectivity index (χ1v) is 8.35. The second kappa shape index (κ2) is 7.66. The van der Waals surface area contributed by atoms with Gasteiger partial charge in [0.25, 0.3) is 5.91 Å². The van der Waals surface area contributed by atoms with E-state index in [0.717, 1.165) is 0 Å². The number of benzene rings is 1. The summed E-state index contributed by atoms with van der Waals surface area (Å²) in [6, 6.07) is 12.7. The summed E-state index contributed by atoms with van der Waals surface area (Å²) >= 11 is 0. The van der Waals surface area contributed by atoms with Gasteiger partial charge in [-0.3, -0.25) is 9.59 Å². The molecule has 0 saturated carbocycles. The number of pyridine rings is 1. The minimum absolute atomic E-state index is 0.0308. The predicted octanol–water partition coefficient (Wildman–Crippen LogP) is 2.00. The Morgan fingerprint density at radius 1 is 1.08 bits per heavy atom. The zero-order chi connectivity index (χ0) is 18.5. The maximum atomic E-state index is 12.5. The van der Waals surface area contributed by atoms with Gasteiger partial charge in [-0.25, -0.2) is 4.98 Å². The Kier molecular flexibility index (Phi) is 5.13. The number of piperazine rings is 1. The van der Waals surface area contributed by atoms with E-state index in [9.17, 15) is 9.59 Å². The summed E-state index contributed by atoms with van der Waals surface area (Å²) in [7, 11) is 0. The lowest BCUT2D eigenvalue weighted by Gasteiger charge is -2.34. The molecule has 0 aliphatic carbocycles. The molecule has 132 valence electrons. The minimum atomic E-state index is -0.142. The van der Waals surface area contributed by atoms with Crippen molar-refractivity contribution in [3.63, 3.8) is 0 Å². The van der Waals surface area contributed by atoms with Crippen molar-refractivity contribution in [1.82, 2.24) is 14.8 Å². The highest BCUT2D eigenvalue weighted by molar-refractivity contribution is 5.92. The SMILES string of the molecule is CC(=O)N1CCN(C(=O)c2ccc(Nc3ccccc3C#N)cn2)CC1. The second-order valence-electron chi connectivity index (χ2n) is 6.01. The van der Waals surface area contributed by atoms with Crippen LogP contribution in [0.3, 0.4) is 0 Å². The number of nitrogens with zero attached hydrogens (tertiary/aromatic N) is 4. The number of carbonyl (C=O) groups excluding carboxylic acids is 2. The fourth-order valence-corrected chi connectivity index (χ4v) is 2.83. The van der Waals surface area contributed by atoms with E-state index < -0.39 is 0 Å². The van der Waals surface area contributed by atoms with Crippen molar-refractivity contribution in [3.8, 4) is 6.07 Å². The number of para-hydroxylation sites is 1. The zero-order valence-electron chi connectivity index (χ0n) is 14.5. The molecule has 2 aromatic rings. The number of hydrogen-bond donors (Lipinski definition) is 1. The summed E-state index contributed by atoms with van der Waals surface area (Å²) in [5.74, 6) is -0.111. The molecular formula is C19H19N5O2. The van der Waals surface area contributed by atoms with Crippen LogP contribution in [0.4, 0.5) is 11.4 Å². The van der Waals surface area contributed by atoms with Crippen LogP contribution in [0.15, 0.2) is 42.6 Å². The quantitative estimate of drug-likeness (QED) is 0.915. The fraction of sp³-hybridized carbons (Fsp3) is 0.263. The molecular weight excluding hydrogens is 330 g/mol. The Morgan fingerprint density at radius 3 is 2.38 bits per heavy atom. The number of nitrogens with one attached hydrogen (secondary N) is 1. The first-order valence-electron chi connectivity index (χ1n) is 8.35. The number of rotatable bonds is 3. The van der Waals surface area contributed by atoms with Gasteiger partial charge in [0.2, 0.25) is 5.91 Å². The summed E-state index contributed by atoms with van der Waals surface area (Å²) in [5, 5.41) is 12.3. The van der Waals surface area contributed by atoms with Crippen molar-refractivity contribution in [2.45, 2.75) is 6.92 Å².